The number of thiazole rings is 1. The summed E-state index contributed by atoms with van der Waals surface area (Å²) >= 11 is 1.89. The summed E-state index contributed by atoms with van der Waals surface area (Å²) in [6.45, 7) is 6.03. The average molecular weight is 238 g/mol. The predicted molar refractivity (Wildman–Crippen MR) is 64.8 cm³/mol. The minimum Gasteiger partial charge on any atom is -0.380 e. The van der Waals surface area contributed by atoms with Crippen molar-refractivity contribution in [3.05, 3.63) is 15.6 Å². The van der Waals surface area contributed by atoms with Crippen molar-refractivity contribution in [2.45, 2.75) is 32.7 Å². The lowest BCUT2D eigenvalue weighted by Gasteiger charge is -2.38. The summed E-state index contributed by atoms with van der Waals surface area (Å²) in [6.07, 6.45) is 3.74. The standard InChI is InChI=1S/C12H18N2OS/c1-12(7-15-8-12)6-13-5-11-14-9-3-2-4-10(9)16-11/h13H,2-8H2,1H3. The van der Waals surface area contributed by atoms with Crippen molar-refractivity contribution in [1.29, 1.82) is 0 Å². The summed E-state index contributed by atoms with van der Waals surface area (Å²) in [5.74, 6) is 0. The first-order valence-corrected chi connectivity index (χ1v) is 6.83. The molecule has 0 unspecified atom stereocenters. The Hall–Kier alpha value is -0.450. The molecule has 1 N–H and O–H groups in total. The van der Waals surface area contributed by atoms with Gasteiger partial charge in [0.1, 0.15) is 5.01 Å². The summed E-state index contributed by atoms with van der Waals surface area (Å²) < 4.78 is 5.24. The highest BCUT2D eigenvalue weighted by atomic mass is 32.1. The number of ether oxygens (including phenoxy) is 1. The van der Waals surface area contributed by atoms with Gasteiger partial charge in [0.05, 0.1) is 18.9 Å². The Labute approximate surface area is 100 Å². The SMILES string of the molecule is CC1(CNCc2nc3c(s2)CCC3)COC1. The number of nitrogens with one attached hydrogen (secondary N) is 1. The molecule has 3 rings (SSSR count). The summed E-state index contributed by atoms with van der Waals surface area (Å²) in [5, 5.41) is 4.76. The third-order valence-corrected chi connectivity index (χ3v) is 4.53. The van der Waals surface area contributed by atoms with Gasteiger partial charge in [0.25, 0.3) is 0 Å². The highest BCUT2D eigenvalue weighted by molar-refractivity contribution is 7.11. The third kappa shape index (κ3) is 2.01. The van der Waals surface area contributed by atoms with Gasteiger partial charge in [0, 0.05) is 23.4 Å². The number of hydrogen-bond acceptors (Lipinski definition) is 4. The lowest BCUT2D eigenvalue weighted by molar-refractivity contribution is -0.0991. The molecule has 1 aromatic heterocycles. The van der Waals surface area contributed by atoms with Crippen molar-refractivity contribution in [3.63, 3.8) is 0 Å². The summed E-state index contributed by atoms with van der Waals surface area (Å²) in [6, 6.07) is 0. The van der Waals surface area contributed by atoms with E-state index < -0.39 is 0 Å². The van der Waals surface area contributed by atoms with E-state index in [2.05, 4.69) is 17.2 Å². The fraction of sp³-hybridized carbons (Fsp3) is 0.750. The van der Waals surface area contributed by atoms with E-state index in [0.717, 1.165) is 26.3 Å². The maximum absolute atomic E-state index is 5.24. The van der Waals surface area contributed by atoms with Gasteiger partial charge in [0.2, 0.25) is 0 Å². The summed E-state index contributed by atoms with van der Waals surface area (Å²) in [5.41, 5.74) is 1.72. The van der Waals surface area contributed by atoms with Crippen LogP contribution in [0.1, 0.15) is 28.9 Å². The van der Waals surface area contributed by atoms with Crippen LogP contribution in [0.25, 0.3) is 0 Å². The molecule has 1 fully saturated rings. The number of rotatable bonds is 4. The second kappa shape index (κ2) is 4.09. The second-order valence-electron chi connectivity index (χ2n) is 5.24. The number of aromatic nitrogens is 1. The fourth-order valence-corrected chi connectivity index (χ4v) is 3.47. The van der Waals surface area contributed by atoms with Crippen LogP contribution in [0.3, 0.4) is 0 Å². The molecule has 16 heavy (non-hydrogen) atoms. The van der Waals surface area contributed by atoms with Gasteiger partial charge in [-0.2, -0.15) is 0 Å². The van der Waals surface area contributed by atoms with E-state index >= 15 is 0 Å². The molecule has 3 nitrogen and oxygen atoms in total. The monoisotopic (exact) mass is 238 g/mol. The topological polar surface area (TPSA) is 34.2 Å². The zero-order chi connectivity index (χ0) is 11.0. The molecule has 0 spiro atoms. The van der Waals surface area contributed by atoms with Crippen LogP contribution in [-0.4, -0.2) is 24.7 Å². The van der Waals surface area contributed by atoms with E-state index in [1.807, 2.05) is 11.3 Å². The van der Waals surface area contributed by atoms with E-state index in [1.54, 1.807) is 0 Å². The molecule has 1 aliphatic carbocycles. The van der Waals surface area contributed by atoms with Gasteiger partial charge in [-0.3, -0.25) is 0 Å². The van der Waals surface area contributed by atoms with Crippen molar-refractivity contribution in [3.8, 4) is 0 Å². The smallest absolute Gasteiger partial charge is 0.107 e. The molecule has 0 saturated carbocycles. The minimum atomic E-state index is 0.361. The fourth-order valence-electron chi connectivity index (χ4n) is 2.34. The first-order valence-electron chi connectivity index (χ1n) is 6.01. The molecule has 4 heteroatoms. The number of hydrogen-bond donors (Lipinski definition) is 1. The van der Waals surface area contributed by atoms with Crippen molar-refractivity contribution in [2.75, 3.05) is 19.8 Å². The molecule has 1 aromatic rings. The zero-order valence-corrected chi connectivity index (χ0v) is 10.5. The lowest BCUT2D eigenvalue weighted by Crippen LogP contribution is -2.47. The molecule has 0 atom stereocenters. The summed E-state index contributed by atoms with van der Waals surface area (Å²) in [4.78, 5) is 6.20. The Kier molecular flexibility index (Phi) is 2.73. The van der Waals surface area contributed by atoms with Crippen LogP contribution in [0.5, 0.6) is 0 Å². The Morgan fingerprint density at radius 3 is 3.00 bits per heavy atom. The van der Waals surface area contributed by atoms with Crippen molar-refractivity contribution >= 4 is 11.3 Å². The van der Waals surface area contributed by atoms with Crippen LogP contribution in [0.15, 0.2) is 0 Å². The highest BCUT2D eigenvalue weighted by Gasteiger charge is 2.32. The van der Waals surface area contributed by atoms with Crippen LogP contribution in [0, 0.1) is 5.41 Å². The molecule has 0 radical (unpaired) electrons. The van der Waals surface area contributed by atoms with Gasteiger partial charge < -0.3 is 10.1 Å². The third-order valence-electron chi connectivity index (χ3n) is 3.37. The zero-order valence-electron chi connectivity index (χ0n) is 9.71. The molecule has 0 aromatic carbocycles. The molecular formula is C12H18N2OS. The van der Waals surface area contributed by atoms with Gasteiger partial charge >= 0.3 is 0 Å². The van der Waals surface area contributed by atoms with Gasteiger partial charge in [0.15, 0.2) is 0 Å². The summed E-state index contributed by atoms with van der Waals surface area (Å²) in [7, 11) is 0. The van der Waals surface area contributed by atoms with Gasteiger partial charge in [-0.1, -0.05) is 6.92 Å². The van der Waals surface area contributed by atoms with Crippen molar-refractivity contribution in [2.24, 2.45) is 5.41 Å². The first-order chi connectivity index (χ1) is 7.75. The maximum Gasteiger partial charge on any atom is 0.107 e. The lowest BCUT2D eigenvalue weighted by atomic mass is 9.89. The van der Waals surface area contributed by atoms with Crippen LogP contribution in [0.4, 0.5) is 0 Å². The van der Waals surface area contributed by atoms with Crippen LogP contribution in [0.2, 0.25) is 0 Å². The Morgan fingerprint density at radius 1 is 1.44 bits per heavy atom. The van der Waals surface area contributed by atoms with Crippen LogP contribution >= 0.6 is 11.3 Å². The largest absolute Gasteiger partial charge is 0.380 e. The molecule has 1 aliphatic heterocycles. The number of fused-ring (bicyclic) bond motifs is 1. The van der Waals surface area contributed by atoms with Crippen LogP contribution in [-0.2, 0) is 24.1 Å². The van der Waals surface area contributed by atoms with Gasteiger partial charge in [-0.25, -0.2) is 4.98 Å². The van der Waals surface area contributed by atoms with Crippen molar-refractivity contribution in [1.82, 2.24) is 10.3 Å². The molecule has 2 heterocycles. The van der Waals surface area contributed by atoms with E-state index in [9.17, 15) is 0 Å². The Morgan fingerprint density at radius 2 is 2.31 bits per heavy atom. The van der Waals surface area contributed by atoms with E-state index in [4.69, 9.17) is 4.74 Å². The average Bonchev–Trinajstić information content (AvgIpc) is 2.75. The maximum atomic E-state index is 5.24. The quantitative estimate of drug-likeness (QED) is 0.868. The minimum absolute atomic E-state index is 0.361. The number of nitrogens with zero attached hydrogens (tertiary/aromatic N) is 1. The van der Waals surface area contributed by atoms with E-state index in [0.29, 0.717) is 5.41 Å². The van der Waals surface area contributed by atoms with E-state index in [1.165, 1.54) is 34.8 Å². The van der Waals surface area contributed by atoms with E-state index in [-0.39, 0.29) is 0 Å². The molecule has 0 amide bonds. The highest BCUT2D eigenvalue weighted by Crippen LogP contribution is 2.28. The van der Waals surface area contributed by atoms with Gasteiger partial charge in [-0.05, 0) is 19.3 Å². The van der Waals surface area contributed by atoms with Gasteiger partial charge in [-0.15, -0.1) is 11.3 Å². The first kappa shape index (κ1) is 10.7. The molecule has 1 saturated heterocycles. The number of aryl methyl sites for hydroxylation is 2. The molecule has 0 bridgehead atoms. The van der Waals surface area contributed by atoms with Crippen molar-refractivity contribution < 1.29 is 4.74 Å². The van der Waals surface area contributed by atoms with Crippen LogP contribution < -0.4 is 5.32 Å². The normalized spacial score (nSPS) is 21.8. The molecular weight excluding hydrogens is 220 g/mol. The Balaban J connectivity index is 1.51. The second-order valence-corrected chi connectivity index (χ2v) is 6.41. The Bertz CT molecular complexity index is 363. The predicted octanol–water partition coefficient (Wildman–Crippen LogP) is 1.76. The molecule has 2 aliphatic rings. The molecule has 88 valence electrons.